The van der Waals surface area contributed by atoms with E-state index in [2.05, 4.69) is 20.5 Å². The first kappa shape index (κ1) is 13.7. The normalized spacial score (nSPS) is 10.1. The second-order valence-corrected chi connectivity index (χ2v) is 3.83. The molecule has 8 nitrogen and oxygen atoms in total. The molecule has 0 aromatic carbocycles. The van der Waals surface area contributed by atoms with E-state index in [-0.39, 0.29) is 23.7 Å². The summed E-state index contributed by atoms with van der Waals surface area (Å²) in [5, 5.41) is 10.1. The molecule has 8 heteroatoms. The lowest BCUT2D eigenvalue weighted by molar-refractivity contribution is 0.0946. The van der Waals surface area contributed by atoms with Gasteiger partial charge in [0.15, 0.2) is 5.69 Å². The molecule has 0 saturated heterocycles. The maximum absolute atomic E-state index is 11.8. The Morgan fingerprint density at radius 3 is 2.85 bits per heavy atom. The van der Waals surface area contributed by atoms with E-state index in [1.807, 2.05) is 0 Å². The topological polar surface area (TPSA) is 99.0 Å². The number of rotatable bonds is 5. The Hall–Kier alpha value is -2.77. The highest BCUT2D eigenvalue weighted by atomic mass is 16.5. The third-order valence-corrected chi connectivity index (χ3v) is 2.51. The number of hydrogen-bond acceptors (Lipinski definition) is 6. The quantitative estimate of drug-likeness (QED) is 0.787. The molecule has 0 bridgehead atoms. The lowest BCUT2D eigenvalue weighted by atomic mass is 10.3. The molecule has 0 aliphatic rings. The number of amides is 1. The molecule has 0 spiro atoms. The van der Waals surface area contributed by atoms with Gasteiger partial charge in [-0.1, -0.05) is 0 Å². The largest absolute Gasteiger partial charge is 0.480 e. The molecule has 2 heterocycles. The average molecular weight is 275 g/mol. The Balaban J connectivity index is 1.89. The van der Waals surface area contributed by atoms with Crippen molar-refractivity contribution in [1.29, 1.82) is 0 Å². The summed E-state index contributed by atoms with van der Waals surface area (Å²) in [5.74, 6) is -0.0273. The van der Waals surface area contributed by atoms with E-state index in [9.17, 15) is 9.59 Å². The number of hydrogen-bond donors (Lipinski definition) is 1. The van der Waals surface area contributed by atoms with Crippen LogP contribution >= 0.6 is 0 Å². The fraction of sp³-hybridized carbons (Fsp3) is 0.250. The van der Waals surface area contributed by atoms with Gasteiger partial charge in [-0.15, -0.1) is 10.2 Å². The van der Waals surface area contributed by atoms with Gasteiger partial charge < -0.3 is 10.1 Å². The summed E-state index contributed by atoms with van der Waals surface area (Å²) >= 11 is 0. The van der Waals surface area contributed by atoms with Crippen LogP contribution in [0.2, 0.25) is 0 Å². The zero-order valence-corrected chi connectivity index (χ0v) is 10.8. The van der Waals surface area contributed by atoms with Crippen LogP contribution in [0.1, 0.15) is 10.5 Å². The van der Waals surface area contributed by atoms with Crippen molar-refractivity contribution in [2.24, 2.45) is 0 Å². The van der Waals surface area contributed by atoms with Gasteiger partial charge in [-0.3, -0.25) is 14.2 Å². The van der Waals surface area contributed by atoms with Crippen LogP contribution in [-0.4, -0.2) is 39.3 Å². The van der Waals surface area contributed by atoms with Gasteiger partial charge in [-0.25, -0.2) is 4.98 Å². The van der Waals surface area contributed by atoms with Crippen LogP contribution in [0.25, 0.3) is 0 Å². The number of carbonyl (C=O) groups is 1. The second-order valence-electron chi connectivity index (χ2n) is 3.83. The number of aromatic nitrogens is 4. The number of methoxy groups -OCH3 is 1. The van der Waals surface area contributed by atoms with Crippen molar-refractivity contribution in [2.45, 2.75) is 6.54 Å². The summed E-state index contributed by atoms with van der Waals surface area (Å²) in [4.78, 5) is 27.0. The van der Waals surface area contributed by atoms with Gasteiger partial charge in [0.05, 0.1) is 13.4 Å². The SMILES string of the molecule is COc1ccc(C(=O)NCCn2cnccc2=O)nn1. The zero-order chi connectivity index (χ0) is 14.4. The smallest absolute Gasteiger partial charge is 0.271 e. The molecule has 0 unspecified atom stereocenters. The van der Waals surface area contributed by atoms with Crippen molar-refractivity contribution < 1.29 is 9.53 Å². The standard InChI is InChI=1S/C12H13N5O3/c1-20-10-3-2-9(15-16-10)12(19)14-6-7-17-8-13-5-4-11(17)18/h2-5,8H,6-7H2,1H3,(H,14,19). The number of ether oxygens (including phenoxy) is 1. The summed E-state index contributed by atoms with van der Waals surface area (Å²) in [6, 6.07) is 4.42. The number of nitrogens with zero attached hydrogens (tertiary/aromatic N) is 4. The van der Waals surface area contributed by atoms with E-state index in [0.717, 1.165) is 0 Å². The van der Waals surface area contributed by atoms with E-state index in [1.54, 1.807) is 6.07 Å². The van der Waals surface area contributed by atoms with Crippen LogP contribution < -0.4 is 15.6 Å². The lowest BCUT2D eigenvalue weighted by Gasteiger charge is -2.06. The predicted octanol–water partition coefficient (Wildman–Crippen LogP) is -0.528. The van der Waals surface area contributed by atoms with Gasteiger partial charge in [0, 0.05) is 31.4 Å². The molecule has 1 N–H and O–H groups in total. The van der Waals surface area contributed by atoms with Crippen LogP contribution in [0.15, 0.2) is 35.5 Å². The molecule has 2 rings (SSSR count). The number of nitrogens with one attached hydrogen (secondary N) is 1. The first-order valence-corrected chi connectivity index (χ1v) is 5.87. The van der Waals surface area contributed by atoms with Crippen molar-refractivity contribution in [3.05, 3.63) is 46.8 Å². The molecule has 0 saturated carbocycles. The molecular weight excluding hydrogens is 262 g/mol. The maximum atomic E-state index is 11.8. The summed E-state index contributed by atoms with van der Waals surface area (Å²) in [5.41, 5.74) is 0.0165. The molecule has 0 atom stereocenters. The molecule has 2 aromatic rings. The molecule has 0 fully saturated rings. The van der Waals surface area contributed by atoms with Crippen LogP contribution in [-0.2, 0) is 6.54 Å². The van der Waals surface area contributed by atoms with Gasteiger partial charge in [0.1, 0.15) is 0 Å². The fourth-order valence-electron chi connectivity index (χ4n) is 1.48. The molecule has 20 heavy (non-hydrogen) atoms. The zero-order valence-electron chi connectivity index (χ0n) is 10.8. The highest BCUT2D eigenvalue weighted by molar-refractivity contribution is 5.92. The Labute approximate surface area is 114 Å². The minimum Gasteiger partial charge on any atom is -0.480 e. The molecule has 104 valence electrons. The molecule has 0 aliphatic heterocycles. The number of carbonyl (C=O) groups excluding carboxylic acids is 1. The van der Waals surface area contributed by atoms with Gasteiger partial charge in [-0.2, -0.15) is 0 Å². The van der Waals surface area contributed by atoms with E-state index < -0.39 is 0 Å². The third-order valence-electron chi connectivity index (χ3n) is 2.51. The van der Waals surface area contributed by atoms with Gasteiger partial charge in [0.2, 0.25) is 5.88 Å². The Morgan fingerprint density at radius 1 is 1.35 bits per heavy atom. The van der Waals surface area contributed by atoms with Crippen molar-refractivity contribution in [3.63, 3.8) is 0 Å². The summed E-state index contributed by atoms with van der Waals surface area (Å²) < 4.78 is 6.25. The first-order chi connectivity index (χ1) is 9.70. The maximum Gasteiger partial charge on any atom is 0.271 e. The monoisotopic (exact) mass is 275 g/mol. The van der Waals surface area contributed by atoms with Gasteiger partial charge in [0.25, 0.3) is 11.5 Å². The minimum atomic E-state index is -0.364. The van der Waals surface area contributed by atoms with Crippen molar-refractivity contribution in [2.75, 3.05) is 13.7 Å². The lowest BCUT2D eigenvalue weighted by Crippen LogP contribution is -2.31. The molecule has 0 aliphatic carbocycles. The van der Waals surface area contributed by atoms with E-state index in [4.69, 9.17) is 4.74 Å². The Morgan fingerprint density at radius 2 is 2.20 bits per heavy atom. The second kappa shape index (κ2) is 6.41. The van der Waals surface area contributed by atoms with Crippen LogP contribution in [0.3, 0.4) is 0 Å². The fourth-order valence-corrected chi connectivity index (χ4v) is 1.48. The van der Waals surface area contributed by atoms with Gasteiger partial charge in [-0.05, 0) is 6.07 Å². The highest BCUT2D eigenvalue weighted by Gasteiger charge is 2.07. The van der Waals surface area contributed by atoms with Crippen molar-refractivity contribution >= 4 is 5.91 Å². The van der Waals surface area contributed by atoms with Crippen molar-refractivity contribution in [3.8, 4) is 5.88 Å². The predicted molar refractivity (Wildman–Crippen MR) is 69.4 cm³/mol. The summed E-state index contributed by atoms with van der Waals surface area (Å²) in [7, 11) is 1.47. The Bertz CT molecular complexity index is 638. The average Bonchev–Trinajstić information content (AvgIpc) is 2.49. The molecular formula is C12H13N5O3. The first-order valence-electron chi connectivity index (χ1n) is 5.87. The highest BCUT2D eigenvalue weighted by Crippen LogP contribution is 2.03. The molecule has 1 amide bonds. The van der Waals surface area contributed by atoms with Gasteiger partial charge >= 0.3 is 0 Å². The van der Waals surface area contributed by atoms with Crippen LogP contribution in [0.4, 0.5) is 0 Å². The van der Waals surface area contributed by atoms with Crippen molar-refractivity contribution in [1.82, 2.24) is 25.1 Å². The van der Waals surface area contributed by atoms with E-state index >= 15 is 0 Å². The molecule has 2 aromatic heterocycles. The summed E-state index contributed by atoms with van der Waals surface area (Å²) in [6.45, 7) is 0.625. The minimum absolute atomic E-state index is 0.168. The van der Waals surface area contributed by atoms with Crippen LogP contribution in [0.5, 0.6) is 5.88 Å². The van der Waals surface area contributed by atoms with E-state index in [1.165, 1.54) is 36.3 Å². The summed E-state index contributed by atoms with van der Waals surface area (Å²) in [6.07, 6.45) is 2.84. The van der Waals surface area contributed by atoms with Crippen LogP contribution in [0, 0.1) is 0 Å². The third kappa shape index (κ3) is 3.37. The van der Waals surface area contributed by atoms with E-state index in [0.29, 0.717) is 12.4 Å². The Kier molecular flexibility index (Phi) is 4.38. The molecule has 0 radical (unpaired) electrons.